The summed E-state index contributed by atoms with van der Waals surface area (Å²) in [5.41, 5.74) is 2.50. The predicted molar refractivity (Wildman–Crippen MR) is 534 cm³/mol. The molecule has 0 N–H and O–H groups in total. The minimum absolute atomic E-state index is 0.652. The summed E-state index contributed by atoms with van der Waals surface area (Å²) in [4.78, 5) is 17.8. The summed E-state index contributed by atoms with van der Waals surface area (Å²) in [5.74, 6) is 8.42. The third-order valence-corrected chi connectivity index (χ3v) is 25.1. The molecule has 7 aliphatic heterocycles. The first-order valence-corrected chi connectivity index (χ1v) is 51.2. The van der Waals surface area contributed by atoms with Crippen LogP contribution in [-0.4, -0.2) is 374 Å². The molecule has 0 atom stereocenters. The second-order valence-electron chi connectivity index (χ2n) is 37.2. The third-order valence-electron chi connectivity index (χ3n) is 25.1. The molecule has 7 saturated heterocycles. The van der Waals surface area contributed by atoms with E-state index in [1.807, 2.05) is 36.4 Å². The molecule has 7 fully saturated rings. The van der Waals surface area contributed by atoms with Gasteiger partial charge in [-0.1, -0.05) is 83.9 Å². The van der Waals surface area contributed by atoms with E-state index in [9.17, 15) is 0 Å². The van der Waals surface area contributed by atoms with Crippen LogP contribution in [0.25, 0.3) is 0 Å². The number of piperidine rings is 7. The molecular formula is C105H205N7O16. The topological polar surface area (TPSA) is 170 Å². The maximum atomic E-state index is 5.61. The number of nitrogens with zero attached hydrogens (tertiary/aromatic N) is 7. The molecule has 0 amide bonds. The van der Waals surface area contributed by atoms with Crippen molar-refractivity contribution in [2.75, 3.05) is 340 Å². The van der Waals surface area contributed by atoms with Gasteiger partial charge in [-0.3, -0.25) is 0 Å². The van der Waals surface area contributed by atoms with E-state index in [1.54, 1.807) is 64.0 Å². The zero-order chi connectivity index (χ0) is 93.4. The molecule has 756 valence electrons. The van der Waals surface area contributed by atoms with E-state index < -0.39 is 0 Å². The molecule has 0 bridgehead atoms. The first kappa shape index (κ1) is 123. The van der Waals surface area contributed by atoms with E-state index in [0.717, 1.165) is 217 Å². The Balaban J connectivity index is 0.000000722. The maximum Gasteiger partial charge on any atom is 0.119 e. The molecule has 7 heterocycles. The Morgan fingerprint density at radius 3 is 0.688 bits per heavy atom. The van der Waals surface area contributed by atoms with E-state index in [4.69, 9.17) is 75.8 Å². The lowest BCUT2D eigenvalue weighted by atomic mass is 9.99. The summed E-state index contributed by atoms with van der Waals surface area (Å²) < 4.78 is 83.2. The fraction of sp³-hybridized carbons (Fsp3) is 0.886. The normalized spacial score (nSPS) is 17.8. The van der Waals surface area contributed by atoms with Gasteiger partial charge < -0.3 is 110 Å². The average Bonchev–Trinajstić information content (AvgIpc) is 1.52. The van der Waals surface area contributed by atoms with Crippen molar-refractivity contribution >= 4 is 0 Å². The summed E-state index contributed by atoms with van der Waals surface area (Å²) in [6.07, 6.45) is 32.9. The summed E-state index contributed by atoms with van der Waals surface area (Å²) in [6.45, 7) is 63.3. The van der Waals surface area contributed by atoms with E-state index in [2.05, 4.69) is 109 Å². The van der Waals surface area contributed by atoms with Crippen molar-refractivity contribution < 1.29 is 75.8 Å². The van der Waals surface area contributed by atoms with Gasteiger partial charge >= 0.3 is 0 Å². The quantitative estimate of drug-likeness (QED) is 0.0572. The van der Waals surface area contributed by atoms with Gasteiger partial charge in [-0.05, 0) is 345 Å². The first-order chi connectivity index (χ1) is 62.4. The number of benzene rings is 2. The highest BCUT2D eigenvalue weighted by molar-refractivity contribution is 5.27. The molecule has 9 rings (SSSR count). The Bertz CT molecular complexity index is 2460. The molecule has 23 nitrogen and oxygen atoms in total. The Kier molecular flexibility index (Phi) is 88.5. The van der Waals surface area contributed by atoms with Crippen molar-refractivity contribution in [3.8, 4) is 11.5 Å². The van der Waals surface area contributed by atoms with Crippen molar-refractivity contribution in [3.05, 3.63) is 59.7 Å². The molecule has 23 heteroatoms. The van der Waals surface area contributed by atoms with Crippen molar-refractivity contribution in [1.29, 1.82) is 0 Å². The lowest BCUT2D eigenvalue weighted by molar-refractivity contribution is 0.0516. The minimum Gasteiger partial charge on any atom is -0.494 e. The van der Waals surface area contributed by atoms with Crippen LogP contribution in [0, 0.1) is 55.3 Å². The van der Waals surface area contributed by atoms with E-state index in [-0.39, 0.29) is 0 Å². The molecule has 2 aromatic rings. The second-order valence-corrected chi connectivity index (χ2v) is 37.2. The number of methoxy groups -OCH3 is 9. The minimum atomic E-state index is 0.652. The van der Waals surface area contributed by atoms with Crippen molar-refractivity contribution in [3.63, 3.8) is 0 Å². The summed E-state index contributed by atoms with van der Waals surface area (Å²) in [6, 6.07) is 16.2. The second kappa shape index (κ2) is 91.9. The molecule has 7 aliphatic rings. The zero-order valence-electron chi connectivity index (χ0n) is 86.4. The zero-order valence-corrected chi connectivity index (χ0v) is 86.4. The standard InChI is InChI=1S/C14H22O3.C13H27NO2.C13H20O3.C12H25NO2.C12H25NO.C11H23NO2.C11H23NO.C10H21NO.C9H19NO/c1-13-5-7-14(8-6-13)17-10-4-3-9-16-12-11-15-2;1-13-5-7-14(8-6-13)9-12-16-11-4-3-10-15-2;1-12-4-6-13(7-5-12)16-9-3-8-15-11-10-14-2;1-12-4-6-13(7-5-12)8-11-15-10-3-9-14-2;1-12-6-9-13(10-7-12)8-4-3-5-11-14-2;1-11-3-5-12(6-4-11)7-8-14-10-9-13-2;1-11-5-8-12(9-6-11)7-3-4-10-13-2;1-10-4-7-11(8-5-10)6-3-9-12-2;1-9-3-5-10(6-4-9)7-8-11-2/h5-8H,3-4,9-12H2,1-2H3;13H,3-12H2,1-2H3;4-7H,3,8-11H2,1-2H3;12H,3-11H2,1-2H3;12H,3-11H2,1-2H3;11H,3-10H2,1-2H3;11H,3-10H2,1-2H3;10H,3-9H2,1-2H3;9H,3-8H2,1-2H3. The molecule has 0 saturated carbocycles. The Hall–Kier alpha value is -2.80. The van der Waals surface area contributed by atoms with Crippen LogP contribution in [0.5, 0.6) is 11.5 Å². The van der Waals surface area contributed by atoms with Crippen LogP contribution < -0.4 is 9.47 Å². The number of rotatable bonds is 56. The highest BCUT2D eigenvalue weighted by Crippen LogP contribution is 2.23. The van der Waals surface area contributed by atoms with Gasteiger partial charge in [0.2, 0.25) is 0 Å². The molecule has 0 unspecified atom stereocenters. The number of ether oxygens (including phenoxy) is 16. The Labute approximate surface area is 788 Å². The molecule has 2 aromatic carbocycles. The number of hydrogen-bond donors (Lipinski definition) is 0. The van der Waals surface area contributed by atoms with Gasteiger partial charge in [0, 0.05) is 163 Å². The monoisotopic (exact) mass is 1820 g/mol. The van der Waals surface area contributed by atoms with Gasteiger partial charge in [-0.25, -0.2) is 0 Å². The summed E-state index contributed by atoms with van der Waals surface area (Å²) in [5, 5.41) is 0. The van der Waals surface area contributed by atoms with Crippen molar-refractivity contribution in [2.45, 2.75) is 229 Å². The summed E-state index contributed by atoms with van der Waals surface area (Å²) >= 11 is 0. The largest absolute Gasteiger partial charge is 0.494 e. The fourth-order valence-electron chi connectivity index (χ4n) is 15.4. The van der Waals surface area contributed by atoms with E-state index >= 15 is 0 Å². The fourth-order valence-corrected chi connectivity index (χ4v) is 15.4. The number of aryl methyl sites for hydroxylation is 2. The van der Waals surface area contributed by atoms with Gasteiger partial charge in [-0.15, -0.1) is 0 Å². The van der Waals surface area contributed by atoms with Crippen LogP contribution in [0.3, 0.4) is 0 Å². The van der Waals surface area contributed by atoms with Crippen LogP contribution in [0.2, 0.25) is 0 Å². The van der Waals surface area contributed by atoms with Crippen molar-refractivity contribution in [2.24, 2.45) is 41.4 Å². The molecule has 0 aliphatic carbocycles. The summed E-state index contributed by atoms with van der Waals surface area (Å²) in [7, 11) is 15.6. The third kappa shape index (κ3) is 79.4. The smallest absolute Gasteiger partial charge is 0.119 e. The first-order valence-electron chi connectivity index (χ1n) is 51.2. The van der Waals surface area contributed by atoms with E-state index in [1.165, 1.54) is 251 Å². The molecular weight excluding hydrogens is 1620 g/mol. The molecule has 0 spiro atoms. The van der Waals surface area contributed by atoms with Crippen LogP contribution in [0.15, 0.2) is 48.5 Å². The van der Waals surface area contributed by atoms with Crippen LogP contribution in [0.1, 0.15) is 227 Å². The molecule has 0 aromatic heterocycles. The average molecular weight is 1820 g/mol. The Morgan fingerprint density at radius 1 is 0.188 bits per heavy atom. The maximum absolute atomic E-state index is 5.61. The molecule has 128 heavy (non-hydrogen) atoms. The van der Waals surface area contributed by atoms with Gasteiger partial charge in [-0.2, -0.15) is 0 Å². The highest BCUT2D eigenvalue weighted by Gasteiger charge is 2.21. The lowest BCUT2D eigenvalue weighted by Gasteiger charge is -2.30. The highest BCUT2D eigenvalue weighted by atomic mass is 16.5. The van der Waals surface area contributed by atoms with Crippen LogP contribution in [0.4, 0.5) is 0 Å². The van der Waals surface area contributed by atoms with Gasteiger partial charge in [0.05, 0.1) is 79.3 Å². The van der Waals surface area contributed by atoms with Crippen LogP contribution in [-0.2, 0) is 66.3 Å². The number of likely N-dealkylation sites (tertiary alicyclic amines) is 7. The van der Waals surface area contributed by atoms with E-state index in [0.29, 0.717) is 39.6 Å². The lowest BCUT2D eigenvalue weighted by Crippen LogP contribution is -2.35. The SMILES string of the molecule is COCCCCCN1CCC(C)CC1.COCCCCN1CCC(C)CC1.COCCCCOCCN1CCC(C)CC1.COCCCN1CCC(C)CC1.COCCCOCCN1CCC(C)CC1.COCCN1CCC(C)CC1.COCCOCCCCOc1ccc(C)cc1.COCCOCCCOc1ccc(C)cc1.COCCOCCN1CCC(C)CC1. The van der Waals surface area contributed by atoms with Crippen molar-refractivity contribution in [1.82, 2.24) is 34.3 Å². The van der Waals surface area contributed by atoms with Crippen LogP contribution >= 0.6 is 0 Å². The number of unbranched alkanes of at least 4 members (excludes halogenated alkanes) is 5. The van der Waals surface area contributed by atoms with Gasteiger partial charge in [0.15, 0.2) is 0 Å². The Morgan fingerprint density at radius 2 is 0.383 bits per heavy atom. The molecule has 0 radical (unpaired) electrons. The predicted octanol–water partition coefficient (Wildman–Crippen LogP) is 18.4. The number of hydrogen-bond acceptors (Lipinski definition) is 23. The van der Waals surface area contributed by atoms with Gasteiger partial charge in [0.25, 0.3) is 0 Å². The van der Waals surface area contributed by atoms with Gasteiger partial charge in [0.1, 0.15) is 11.5 Å².